The Morgan fingerprint density at radius 2 is 2.15 bits per heavy atom. The summed E-state index contributed by atoms with van der Waals surface area (Å²) in [5.41, 5.74) is 0.606. The lowest BCUT2D eigenvalue weighted by Gasteiger charge is -2.06. The molecule has 0 unspecified atom stereocenters. The van der Waals surface area contributed by atoms with Crippen molar-refractivity contribution in [2.24, 2.45) is 0 Å². The molecule has 7 nitrogen and oxygen atoms in total. The second-order valence-electron chi connectivity index (χ2n) is 5.83. The van der Waals surface area contributed by atoms with Gasteiger partial charge in [0.1, 0.15) is 11.6 Å². The molecule has 1 aliphatic heterocycles. The van der Waals surface area contributed by atoms with E-state index in [1.54, 1.807) is 24.0 Å². The number of para-hydroxylation sites is 1. The van der Waals surface area contributed by atoms with Crippen molar-refractivity contribution in [1.82, 2.24) is 25.3 Å². The van der Waals surface area contributed by atoms with E-state index in [2.05, 4.69) is 30.6 Å². The monoisotopic (exact) mass is 366 g/mol. The van der Waals surface area contributed by atoms with E-state index in [1.807, 2.05) is 30.3 Å². The highest BCUT2D eigenvalue weighted by atomic mass is 32.2. The van der Waals surface area contributed by atoms with Crippen LogP contribution < -0.4 is 16.2 Å². The summed E-state index contributed by atoms with van der Waals surface area (Å²) in [6.45, 7) is 1.48. The van der Waals surface area contributed by atoms with Crippen molar-refractivity contribution in [3.63, 3.8) is 0 Å². The highest BCUT2D eigenvalue weighted by Crippen LogP contribution is 2.21. The zero-order valence-electron chi connectivity index (χ0n) is 14.0. The third-order valence-electron chi connectivity index (χ3n) is 3.95. The third-order valence-corrected chi connectivity index (χ3v) is 4.93. The van der Waals surface area contributed by atoms with Gasteiger partial charge in [-0.15, -0.1) is 11.8 Å². The lowest BCUT2D eigenvalue weighted by Crippen LogP contribution is -2.15. The van der Waals surface area contributed by atoms with E-state index < -0.39 is 0 Å². The van der Waals surface area contributed by atoms with Crippen molar-refractivity contribution >= 4 is 34.6 Å². The first-order valence-electron chi connectivity index (χ1n) is 8.37. The molecular weight excluding hydrogens is 348 g/mol. The molecule has 0 atom stereocenters. The normalized spacial score (nSPS) is 15.6. The van der Waals surface area contributed by atoms with E-state index in [-0.39, 0.29) is 5.56 Å². The summed E-state index contributed by atoms with van der Waals surface area (Å²) in [6, 6.07) is 9.17. The predicted octanol–water partition coefficient (Wildman–Crippen LogP) is 2.00. The van der Waals surface area contributed by atoms with Gasteiger partial charge < -0.3 is 15.6 Å². The SMILES string of the molecule is O=c1[nH]c(CCNc2ccnc(C=C3CNCS3)n2)nc2ccccc12. The minimum absolute atomic E-state index is 0.107. The number of aromatic amines is 1. The molecule has 3 heterocycles. The van der Waals surface area contributed by atoms with E-state index in [9.17, 15) is 4.79 Å². The molecule has 0 spiro atoms. The van der Waals surface area contributed by atoms with E-state index in [1.165, 1.54) is 4.91 Å². The zero-order valence-corrected chi connectivity index (χ0v) is 14.8. The van der Waals surface area contributed by atoms with Crippen LogP contribution in [-0.4, -0.2) is 38.9 Å². The number of anilines is 1. The molecule has 1 saturated heterocycles. The Kier molecular flexibility index (Phi) is 4.94. The summed E-state index contributed by atoms with van der Waals surface area (Å²) in [4.78, 5) is 29.5. The first-order valence-corrected chi connectivity index (χ1v) is 9.35. The summed E-state index contributed by atoms with van der Waals surface area (Å²) in [5, 5.41) is 7.13. The van der Waals surface area contributed by atoms with E-state index in [0.717, 1.165) is 18.2 Å². The maximum Gasteiger partial charge on any atom is 0.258 e. The molecule has 1 fully saturated rings. The molecule has 0 radical (unpaired) electrons. The Bertz CT molecular complexity index is 1010. The molecule has 8 heteroatoms. The Balaban J connectivity index is 1.42. The van der Waals surface area contributed by atoms with Gasteiger partial charge in [0.05, 0.1) is 10.9 Å². The lowest BCUT2D eigenvalue weighted by atomic mass is 10.2. The van der Waals surface area contributed by atoms with Crippen LogP contribution >= 0.6 is 11.8 Å². The number of nitrogens with one attached hydrogen (secondary N) is 3. The van der Waals surface area contributed by atoms with Crippen LogP contribution in [0.4, 0.5) is 5.82 Å². The molecule has 1 aromatic carbocycles. The number of nitrogens with zero attached hydrogens (tertiary/aromatic N) is 3. The fourth-order valence-electron chi connectivity index (χ4n) is 2.71. The Morgan fingerprint density at radius 3 is 3.04 bits per heavy atom. The van der Waals surface area contributed by atoms with Crippen LogP contribution in [0.3, 0.4) is 0 Å². The van der Waals surface area contributed by atoms with Crippen molar-refractivity contribution in [2.75, 3.05) is 24.3 Å². The Morgan fingerprint density at radius 1 is 1.23 bits per heavy atom. The number of hydrogen-bond acceptors (Lipinski definition) is 7. The quantitative estimate of drug-likeness (QED) is 0.636. The molecular formula is C18H18N6OS. The van der Waals surface area contributed by atoms with Crippen molar-refractivity contribution in [2.45, 2.75) is 6.42 Å². The fourth-order valence-corrected chi connectivity index (χ4v) is 3.49. The van der Waals surface area contributed by atoms with Crippen LogP contribution in [-0.2, 0) is 6.42 Å². The molecule has 0 aliphatic carbocycles. The summed E-state index contributed by atoms with van der Waals surface area (Å²) in [6.07, 6.45) is 4.34. The van der Waals surface area contributed by atoms with Crippen LogP contribution in [0.25, 0.3) is 17.0 Å². The standard InChI is InChI=1S/C18H18N6OS/c25-18-13-3-1-2-4-14(13)22-16(24-18)6-8-20-15-5-7-21-17(23-15)9-12-10-19-11-26-12/h1-5,7,9,19H,6,8,10-11H2,(H,20,21,23)(H,22,24,25). The number of benzene rings is 1. The number of hydrogen-bond donors (Lipinski definition) is 3. The largest absolute Gasteiger partial charge is 0.370 e. The predicted molar refractivity (Wildman–Crippen MR) is 105 cm³/mol. The fraction of sp³-hybridized carbons (Fsp3) is 0.222. The first kappa shape index (κ1) is 16.7. The highest BCUT2D eigenvalue weighted by molar-refractivity contribution is 8.03. The van der Waals surface area contributed by atoms with Crippen molar-refractivity contribution < 1.29 is 0 Å². The van der Waals surface area contributed by atoms with Gasteiger partial charge in [0.15, 0.2) is 5.82 Å². The minimum Gasteiger partial charge on any atom is -0.370 e. The van der Waals surface area contributed by atoms with E-state index >= 15 is 0 Å². The van der Waals surface area contributed by atoms with Crippen molar-refractivity contribution in [3.8, 4) is 0 Å². The molecule has 132 valence electrons. The summed E-state index contributed by atoms with van der Waals surface area (Å²) in [5.74, 6) is 3.04. The first-order chi connectivity index (χ1) is 12.8. The van der Waals surface area contributed by atoms with Gasteiger partial charge in [0.25, 0.3) is 5.56 Å². The topological polar surface area (TPSA) is 95.6 Å². The summed E-state index contributed by atoms with van der Waals surface area (Å²) >= 11 is 1.77. The number of fused-ring (bicyclic) bond motifs is 1. The van der Waals surface area contributed by atoms with Crippen LogP contribution in [0.15, 0.2) is 46.2 Å². The van der Waals surface area contributed by atoms with Gasteiger partial charge in [-0.3, -0.25) is 4.79 Å². The van der Waals surface area contributed by atoms with Crippen LogP contribution in [0.1, 0.15) is 11.6 Å². The lowest BCUT2D eigenvalue weighted by molar-refractivity contribution is 0.891. The Labute approximate surface area is 154 Å². The van der Waals surface area contributed by atoms with Gasteiger partial charge in [-0.1, -0.05) is 12.1 Å². The third kappa shape index (κ3) is 3.92. The maximum absolute atomic E-state index is 12.1. The van der Waals surface area contributed by atoms with Crippen molar-refractivity contribution in [1.29, 1.82) is 0 Å². The number of rotatable bonds is 5. The van der Waals surface area contributed by atoms with Gasteiger partial charge >= 0.3 is 0 Å². The van der Waals surface area contributed by atoms with Gasteiger partial charge in [-0.2, -0.15) is 0 Å². The zero-order chi connectivity index (χ0) is 17.8. The molecule has 2 aromatic heterocycles. The summed E-state index contributed by atoms with van der Waals surface area (Å²) < 4.78 is 0. The average Bonchev–Trinajstić information content (AvgIpc) is 3.15. The molecule has 0 bridgehead atoms. The summed E-state index contributed by atoms with van der Waals surface area (Å²) in [7, 11) is 0. The highest BCUT2D eigenvalue weighted by Gasteiger charge is 2.07. The number of aromatic nitrogens is 4. The molecule has 3 N–H and O–H groups in total. The Hall–Kier alpha value is -2.71. The second kappa shape index (κ2) is 7.67. The van der Waals surface area contributed by atoms with Crippen LogP contribution in [0.5, 0.6) is 0 Å². The van der Waals surface area contributed by atoms with E-state index in [4.69, 9.17) is 0 Å². The number of H-pyrrole nitrogens is 1. The van der Waals surface area contributed by atoms with Gasteiger partial charge in [-0.05, 0) is 24.3 Å². The second-order valence-corrected chi connectivity index (χ2v) is 6.93. The average molecular weight is 366 g/mol. The number of thioether (sulfide) groups is 1. The van der Waals surface area contributed by atoms with E-state index in [0.29, 0.717) is 35.5 Å². The molecule has 1 aliphatic rings. The molecule has 0 amide bonds. The van der Waals surface area contributed by atoms with Gasteiger partial charge in [-0.25, -0.2) is 15.0 Å². The maximum atomic E-state index is 12.1. The van der Waals surface area contributed by atoms with Crippen LogP contribution in [0, 0.1) is 0 Å². The molecule has 3 aromatic rings. The molecule has 0 saturated carbocycles. The molecule has 4 rings (SSSR count). The minimum atomic E-state index is -0.107. The van der Waals surface area contributed by atoms with Crippen molar-refractivity contribution in [3.05, 3.63) is 63.4 Å². The molecule has 26 heavy (non-hydrogen) atoms. The van der Waals surface area contributed by atoms with Gasteiger partial charge in [0.2, 0.25) is 0 Å². The smallest absolute Gasteiger partial charge is 0.258 e. The van der Waals surface area contributed by atoms with Gasteiger partial charge in [0, 0.05) is 36.5 Å². The van der Waals surface area contributed by atoms with Crippen LogP contribution in [0.2, 0.25) is 0 Å².